The van der Waals surface area contributed by atoms with Gasteiger partial charge in [-0.15, -0.1) is 0 Å². The molecule has 0 fully saturated rings. The molecule has 4 aromatic carbocycles. The topological polar surface area (TPSA) is 114 Å². The molecule has 0 amide bonds. The van der Waals surface area contributed by atoms with Crippen molar-refractivity contribution in [1.82, 2.24) is 14.5 Å². The Morgan fingerprint density at radius 3 is 2.38 bits per heavy atom. The zero-order valence-corrected chi connectivity index (χ0v) is 20.3. The molecule has 2 aromatic heterocycles. The third kappa shape index (κ3) is 4.98. The second-order valence-corrected chi connectivity index (χ2v) is 8.86. The Balaban J connectivity index is 0.000000655. The van der Waals surface area contributed by atoms with Crippen LogP contribution in [0.2, 0.25) is 0 Å². The molecule has 0 atom stereocenters. The molecule has 0 bridgehead atoms. The summed E-state index contributed by atoms with van der Waals surface area (Å²) in [5.74, 6) is -0.833. The van der Waals surface area contributed by atoms with Crippen LogP contribution >= 0.6 is 0 Å². The maximum atomic E-state index is 13.1. The number of fused-ring (bicyclic) bond motifs is 3. The Hall–Kier alpha value is -4.75. The van der Waals surface area contributed by atoms with Crippen molar-refractivity contribution in [1.29, 1.82) is 0 Å². The van der Waals surface area contributed by atoms with Gasteiger partial charge in [0.05, 0.1) is 11.0 Å². The van der Waals surface area contributed by atoms with Crippen molar-refractivity contribution >= 4 is 38.7 Å². The average Bonchev–Trinajstić information content (AvgIpc) is 3.25. The van der Waals surface area contributed by atoms with Gasteiger partial charge in [-0.25, -0.2) is 4.98 Å². The summed E-state index contributed by atoms with van der Waals surface area (Å²) in [6.45, 7) is 2.28. The minimum atomic E-state index is -0.833. The van der Waals surface area contributed by atoms with E-state index in [1.165, 1.54) is 0 Å². The first-order chi connectivity index (χ1) is 17.9. The van der Waals surface area contributed by atoms with Crippen LogP contribution in [0.1, 0.15) is 18.1 Å². The molecule has 2 heterocycles. The van der Waals surface area contributed by atoms with Crippen LogP contribution in [-0.2, 0) is 17.9 Å². The summed E-state index contributed by atoms with van der Waals surface area (Å²) in [5.41, 5.74) is 11.7. The monoisotopic (exact) mass is 490 g/mol. The molecule has 0 spiro atoms. The van der Waals surface area contributed by atoms with Gasteiger partial charge in [0.15, 0.2) is 0 Å². The quantitative estimate of drug-likeness (QED) is 0.290. The van der Waals surface area contributed by atoms with Gasteiger partial charge < -0.3 is 20.4 Å². The fourth-order valence-corrected chi connectivity index (χ4v) is 4.57. The lowest BCUT2D eigenvalue weighted by Gasteiger charge is -2.07. The predicted molar refractivity (Wildman–Crippen MR) is 148 cm³/mol. The van der Waals surface area contributed by atoms with Crippen LogP contribution in [0, 0.1) is 0 Å². The Morgan fingerprint density at radius 1 is 0.946 bits per heavy atom. The number of carbonyl (C=O) groups is 1. The van der Waals surface area contributed by atoms with Gasteiger partial charge in [-0.2, -0.15) is 0 Å². The normalized spacial score (nSPS) is 11.0. The van der Waals surface area contributed by atoms with E-state index >= 15 is 0 Å². The number of aliphatic carboxylic acids is 1. The summed E-state index contributed by atoms with van der Waals surface area (Å²) < 4.78 is 2.17. The summed E-state index contributed by atoms with van der Waals surface area (Å²) in [5, 5.41) is 10.6. The fraction of sp³-hybridized carbons (Fsp3) is 0.100. The number of nitrogens with zero attached hydrogens (tertiary/aromatic N) is 2. The molecule has 7 nitrogen and oxygen atoms in total. The van der Waals surface area contributed by atoms with E-state index < -0.39 is 5.97 Å². The van der Waals surface area contributed by atoms with Gasteiger partial charge in [-0.3, -0.25) is 9.59 Å². The molecule has 6 rings (SSSR count). The molecule has 0 saturated heterocycles. The fourth-order valence-electron chi connectivity index (χ4n) is 4.57. The molecular weight excluding hydrogens is 464 g/mol. The Bertz CT molecular complexity index is 1810. The number of aromatic nitrogens is 3. The van der Waals surface area contributed by atoms with E-state index in [-0.39, 0.29) is 5.56 Å². The maximum absolute atomic E-state index is 13.1. The SMILES string of the molecule is CC(=O)O.NCc1cccc(Cn2cc(-c3nc4cc5ccccc5cc4[nH]c3=O)c3ccccc32)c1. The van der Waals surface area contributed by atoms with Gasteiger partial charge in [0.2, 0.25) is 0 Å². The molecular formula is C30H26N4O3. The Kier molecular flexibility index (Phi) is 6.53. The van der Waals surface area contributed by atoms with Crippen molar-refractivity contribution in [2.75, 3.05) is 0 Å². The first kappa shape index (κ1) is 24.0. The molecule has 4 N–H and O–H groups in total. The van der Waals surface area contributed by atoms with Crippen molar-refractivity contribution in [3.8, 4) is 11.3 Å². The second-order valence-electron chi connectivity index (χ2n) is 8.86. The Morgan fingerprint density at radius 2 is 1.62 bits per heavy atom. The summed E-state index contributed by atoms with van der Waals surface area (Å²) in [4.78, 5) is 30.0. The van der Waals surface area contributed by atoms with Crippen LogP contribution in [-0.4, -0.2) is 25.6 Å². The van der Waals surface area contributed by atoms with Gasteiger partial charge in [0.25, 0.3) is 11.5 Å². The van der Waals surface area contributed by atoms with Gasteiger partial charge in [0.1, 0.15) is 5.69 Å². The highest BCUT2D eigenvalue weighted by Gasteiger charge is 2.16. The molecule has 184 valence electrons. The van der Waals surface area contributed by atoms with Crippen molar-refractivity contribution in [3.05, 3.63) is 113 Å². The minimum absolute atomic E-state index is 0.189. The van der Waals surface area contributed by atoms with Gasteiger partial charge in [-0.05, 0) is 40.1 Å². The number of nitrogens with two attached hydrogens (primary N) is 1. The van der Waals surface area contributed by atoms with Crippen LogP contribution in [0.4, 0.5) is 0 Å². The number of aromatic amines is 1. The highest BCUT2D eigenvalue weighted by molar-refractivity contribution is 5.98. The summed E-state index contributed by atoms with van der Waals surface area (Å²) >= 11 is 0. The van der Waals surface area contributed by atoms with E-state index in [1.54, 1.807) is 0 Å². The number of nitrogens with one attached hydrogen (secondary N) is 1. The number of para-hydroxylation sites is 1. The lowest BCUT2D eigenvalue weighted by Crippen LogP contribution is -2.11. The number of H-pyrrole nitrogens is 1. The standard InChI is InChI=1S/C28H22N4O.C2H4O2/c29-15-18-6-5-7-19(12-18)16-32-17-23(22-10-3-4-11-26(22)32)27-28(33)31-25-14-21-9-2-1-8-20(21)13-24(25)30-27;1-2(3)4/h1-14,17H,15-16,29H2,(H,31,33);1H3,(H,3,4). The summed E-state index contributed by atoms with van der Waals surface area (Å²) in [6, 6.07) is 28.5. The van der Waals surface area contributed by atoms with Crippen LogP contribution in [0.5, 0.6) is 0 Å². The third-order valence-electron chi connectivity index (χ3n) is 6.18. The maximum Gasteiger partial charge on any atom is 0.300 e. The first-order valence-corrected chi connectivity index (χ1v) is 11.9. The van der Waals surface area contributed by atoms with E-state index in [0.29, 0.717) is 18.8 Å². The highest BCUT2D eigenvalue weighted by Crippen LogP contribution is 2.30. The van der Waals surface area contributed by atoms with Crippen LogP contribution in [0.3, 0.4) is 0 Å². The molecule has 0 saturated carbocycles. The molecule has 0 aliphatic carbocycles. The van der Waals surface area contributed by atoms with Crippen LogP contribution < -0.4 is 11.3 Å². The summed E-state index contributed by atoms with van der Waals surface area (Å²) in [7, 11) is 0. The van der Waals surface area contributed by atoms with Gasteiger partial charge in [-0.1, -0.05) is 66.7 Å². The van der Waals surface area contributed by atoms with Gasteiger partial charge in [0, 0.05) is 42.7 Å². The van der Waals surface area contributed by atoms with E-state index in [9.17, 15) is 4.79 Å². The first-order valence-electron chi connectivity index (χ1n) is 11.9. The lowest BCUT2D eigenvalue weighted by atomic mass is 10.1. The average molecular weight is 491 g/mol. The van der Waals surface area contributed by atoms with Crippen molar-refractivity contribution < 1.29 is 9.90 Å². The zero-order chi connectivity index (χ0) is 25.9. The van der Waals surface area contributed by atoms with Gasteiger partial charge >= 0.3 is 0 Å². The molecule has 0 aliphatic heterocycles. The molecule has 0 aliphatic rings. The molecule has 0 unspecified atom stereocenters. The third-order valence-corrected chi connectivity index (χ3v) is 6.18. The van der Waals surface area contributed by atoms with Crippen LogP contribution in [0.15, 0.2) is 95.9 Å². The molecule has 37 heavy (non-hydrogen) atoms. The smallest absolute Gasteiger partial charge is 0.300 e. The minimum Gasteiger partial charge on any atom is -0.481 e. The number of carboxylic acids is 1. The molecule has 6 aromatic rings. The largest absolute Gasteiger partial charge is 0.481 e. The second kappa shape index (κ2) is 10.1. The number of hydrogen-bond donors (Lipinski definition) is 3. The zero-order valence-electron chi connectivity index (χ0n) is 20.3. The number of rotatable bonds is 4. The highest BCUT2D eigenvalue weighted by atomic mass is 16.4. The summed E-state index contributed by atoms with van der Waals surface area (Å²) in [6.07, 6.45) is 2.03. The Labute approximate surface area is 212 Å². The number of hydrogen-bond acceptors (Lipinski definition) is 4. The van der Waals surface area contributed by atoms with E-state index in [1.807, 2.05) is 66.9 Å². The van der Waals surface area contributed by atoms with Crippen LogP contribution in [0.25, 0.3) is 44.0 Å². The van der Waals surface area contributed by atoms with E-state index in [4.69, 9.17) is 20.6 Å². The molecule has 0 radical (unpaired) electrons. The molecule has 7 heteroatoms. The van der Waals surface area contributed by atoms with E-state index in [2.05, 4.69) is 33.8 Å². The predicted octanol–water partition coefficient (Wildman–Crippen LogP) is 5.30. The van der Waals surface area contributed by atoms with Crippen molar-refractivity contribution in [2.45, 2.75) is 20.0 Å². The lowest BCUT2D eigenvalue weighted by molar-refractivity contribution is -0.134. The number of carboxylic acid groups (broad SMARTS) is 1. The number of benzene rings is 4. The van der Waals surface area contributed by atoms with Crippen molar-refractivity contribution in [2.24, 2.45) is 5.73 Å². The van der Waals surface area contributed by atoms with E-state index in [0.717, 1.165) is 56.3 Å². The van der Waals surface area contributed by atoms with Crippen molar-refractivity contribution in [3.63, 3.8) is 0 Å².